The van der Waals surface area contributed by atoms with Gasteiger partial charge in [-0.3, -0.25) is 13.9 Å². The molecule has 0 saturated heterocycles. The Morgan fingerprint density at radius 1 is 1.05 bits per heavy atom. The zero-order valence-electron chi connectivity index (χ0n) is 22.6. The van der Waals surface area contributed by atoms with Crippen molar-refractivity contribution in [3.05, 3.63) is 87.9 Å². The molecule has 3 rings (SSSR count). The summed E-state index contributed by atoms with van der Waals surface area (Å²) < 4.78 is 34.7. The molecule has 0 saturated carbocycles. The molecular weight excluding hydrogens is 618 g/mol. The summed E-state index contributed by atoms with van der Waals surface area (Å²) in [5.74, 6) is -0.353. The first-order chi connectivity index (χ1) is 19.1. The molecule has 8 nitrogen and oxygen atoms in total. The highest BCUT2D eigenvalue weighted by atomic mass is 79.9. The SMILES string of the molecule is CCCCNC(=O)[C@H](C)N(Cc1cccc(Br)c1)C(=O)CN(c1ccc(Cl)cc1)S(=O)(=O)c1ccc(OC)cc1. The number of hydrogen-bond donors (Lipinski definition) is 1. The van der Waals surface area contributed by atoms with Gasteiger partial charge in [0.1, 0.15) is 18.3 Å². The van der Waals surface area contributed by atoms with Crippen LogP contribution in [0.25, 0.3) is 0 Å². The van der Waals surface area contributed by atoms with E-state index in [0.29, 0.717) is 17.3 Å². The van der Waals surface area contributed by atoms with Crippen molar-refractivity contribution < 1.29 is 22.7 Å². The van der Waals surface area contributed by atoms with Crippen molar-refractivity contribution >= 4 is 55.1 Å². The maximum Gasteiger partial charge on any atom is 0.264 e. The summed E-state index contributed by atoms with van der Waals surface area (Å²) in [5, 5.41) is 3.30. The van der Waals surface area contributed by atoms with Gasteiger partial charge in [-0.2, -0.15) is 0 Å². The number of methoxy groups -OCH3 is 1. The molecule has 1 N–H and O–H groups in total. The number of carbonyl (C=O) groups excluding carboxylic acids is 2. The minimum absolute atomic E-state index is 0.0139. The molecule has 0 radical (unpaired) electrons. The molecule has 0 unspecified atom stereocenters. The van der Waals surface area contributed by atoms with Crippen LogP contribution in [0.2, 0.25) is 5.02 Å². The van der Waals surface area contributed by atoms with Gasteiger partial charge < -0.3 is 15.0 Å². The third kappa shape index (κ3) is 8.22. The van der Waals surface area contributed by atoms with Gasteiger partial charge in [0.25, 0.3) is 10.0 Å². The number of anilines is 1. The van der Waals surface area contributed by atoms with Gasteiger partial charge in [0, 0.05) is 22.6 Å². The van der Waals surface area contributed by atoms with Gasteiger partial charge >= 0.3 is 0 Å². The van der Waals surface area contributed by atoms with Crippen LogP contribution in [0.15, 0.2) is 82.2 Å². The number of ether oxygens (including phenoxy) is 1. The van der Waals surface area contributed by atoms with Gasteiger partial charge in [0.2, 0.25) is 11.8 Å². The molecule has 0 spiro atoms. The number of nitrogens with one attached hydrogen (secondary N) is 1. The van der Waals surface area contributed by atoms with Gasteiger partial charge in [-0.1, -0.05) is 53.0 Å². The van der Waals surface area contributed by atoms with Crippen molar-refractivity contribution in [2.24, 2.45) is 0 Å². The number of amides is 2. The van der Waals surface area contributed by atoms with Crippen LogP contribution in [0.1, 0.15) is 32.3 Å². The maximum absolute atomic E-state index is 13.9. The lowest BCUT2D eigenvalue weighted by atomic mass is 10.1. The number of carbonyl (C=O) groups is 2. The Labute approximate surface area is 249 Å². The highest BCUT2D eigenvalue weighted by Crippen LogP contribution is 2.27. The predicted molar refractivity (Wildman–Crippen MR) is 161 cm³/mol. The first kappa shape index (κ1) is 31.4. The fraction of sp³-hybridized carbons (Fsp3) is 0.310. The number of benzene rings is 3. The summed E-state index contributed by atoms with van der Waals surface area (Å²) in [6.45, 7) is 3.73. The van der Waals surface area contributed by atoms with Gasteiger partial charge in [0.15, 0.2) is 0 Å². The van der Waals surface area contributed by atoms with E-state index in [4.69, 9.17) is 16.3 Å². The standard InChI is InChI=1S/C29H33BrClN3O5S/c1-4-5-17-32-29(36)21(2)33(19-22-7-6-8-23(30)18-22)28(35)20-34(25-11-9-24(31)10-12-25)40(37,38)27-15-13-26(39-3)14-16-27/h6-16,18,21H,4-5,17,19-20H2,1-3H3,(H,32,36)/t21-/m0/s1. The Balaban J connectivity index is 2.00. The number of halogens is 2. The van der Waals surface area contributed by atoms with Crippen molar-refractivity contribution in [3.8, 4) is 5.75 Å². The van der Waals surface area contributed by atoms with Gasteiger partial charge in [-0.05, 0) is 79.6 Å². The fourth-order valence-electron chi connectivity index (χ4n) is 3.96. The van der Waals surface area contributed by atoms with Crippen molar-refractivity contribution in [3.63, 3.8) is 0 Å². The second-order valence-corrected chi connectivity index (χ2v) is 12.4. The number of sulfonamides is 1. The maximum atomic E-state index is 13.9. The quantitative estimate of drug-likeness (QED) is 0.242. The third-order valence-corrected chi connectivity index (χ3v) is 8.81. The highest BCUT2D eigenvalue weighted by Gasteiger charge is 2.32. The average molecular weight is 651 g/mol. The van der Waals surface area contributed by atoms with E-state index in [2.05, 4.69) is 21.2 Å². The van der Waals surface area contributed by atoms with E-state index in [1.54, 1.807) is 19.1 Å². The molecule has 3 aromatic carbocycles. The molecule has 11 heteroatoms. The lowest BCUT2D eigenvalue weighted by molar-refractivity contribution is -0.139. The molecule has 0 bridgehead atoms. The van der Waals surface area contributed by atoms with Crippen LogP contribution in [0.5, 0.6) is 5.75 Å². The summed E-state index contributed by atoms with van der Waals surface area (Å²) in [7, 11) is -2.70. The second kappa shape index (κ2) is 14.5. The van der Waals surface area contributed by atoms with Crippen LogP contribution in [0.4, 0.5) is 5.69 Å². The molecule has 0 aliphatic rings. The minimum atomic E-state index is -4.18. The molecule has 2 amide bonds. The Morgan fingerprint density at radius 3 is 2.33 bits per heavy atom. The largest absolute Gasteiger partial charge is 0.497 e. The van der Waals surface area contributed by atoms with Gasteiger partial charge in [-0.15, -0.1) is 0 Å². The molecule has 0 heterocycles. The molecule has 0 fully saturated rings. The van der Waals surface area contributed by atoms with E-state index in [-0.39, 0.29) is 23.0 Å². The Kier molecular flexibility index (Phi) is 11.4. The lowest BCUT2D eigenvalue weighted by Gasteiger charge is -2.32. The normalized spacial score (nSPS) is 11.9. The van der Waals surface area contributed by atoms with Crippen LogP contribution in [-0.2, 0) is 26.2 Å². The molecule has 3 aromatic rings. The summed E-state index contributed by atoms with van der Waals surface area (Å²) in [6, 6.07) is 18.7. The molecule has 214 valence electrons. The second-order valence-electron chi connectivity index (χ2n) is 9.14. The van der Waals surface area contributed by atoms with E-state index in [1.807, 2.05) is 31.2 Å². The first-order valence-electron chi connectivity index (χ1n) is 12.8. The molecule has 0 aliphatic heterocycles. The third-order valence-electron chi connectivity index (χ3n) is 6.28. The molecular formula is C29H33BrClN3O5S. The molecule has 1 atom stereocenters. The van der Waals surface area contributed by atoms with Gasteiger partial charge in [-0.25, -0.2) is 8.42 Å². The summed E-state index contributed by atoms with van der Waals surface area (Å²) in [4.78, 5) is 28.3. The number of rotatable bonds is 13. The summed E-state index contributed by atoms with van der Waals surface area (Å²) in [6.07, 6.45) is 1.72. The van der Waals surface area contributed by atoms with E-state index < -0.39 is 28.5 Å². The van der Waals surface area contributed by atoms with Gasteiger partial charge in [0.05, 0.1) is 17.7 Å². The van der Waals surface area contributed by atoms with E-state index in [9.17, 15) is 18.0 Å². The number of nitrogens with zero attached hydrogens (tertiary/aromatic N) is 2. The zero-order valence-corrected chi connectivity index (χ0v) is 25.8. The summed E-state index contributed by atoms with van der Waals surface area (Å²) >= 11 is 9.51. The predicted octanol–water partition coefficient (Wildman–Crippen LogP) is 5.64. The van der Waals surface area contributed by atoms with Crippen molar-refractivity contribution in [2.45, 2.75) is 44.2 Å². The van der Waals surface area contributed by atoms with Crippen LogP contribution in [0, 0.1) is 0 Å². The monoisotopic (exact) mass is 649 g/mol. The van der Waals surface area contributed by atoms with Crippen LogP contribution in [-0.4, -0.2) is 51.4 Å². The zero-order chi connectivity index (χ0) is 29.3. The van der Waals surface area contributed by atoms with Crippen molar-refractivity contribution in [2.75, 3.05) is 24.5 Å². The fourth-order valence-corrected chi connectivity index (χ4v) is 5.95. The Morgan fingerprint density at radius 2 is 1.73 bits per heavy atom. The minimum Gasteiger partial charge on any atom is -0.497 e. The number of hydrogen-bond acceptors (Lipinski definition) is 5. The van der Waals surface area contributed by atoms with E-state index in [1.165, 1.54) is 48.4 Å². The average Bonchev–Trinajstić information content (AvgIpc) is 2.94. The molecule has 0 aliphatic carbocycles. The van der Waals surface area contributed by atoms with E-state index in [0.717, 1.165) is 27.2 Å². The van der Waals surface area contributed by atoms with Crippen LogP contribution < -0.4 is 14.4 Å². The van der Waals surface area contributed by atoms with E-state index >= 15 is 0 Å². The molecule has 40 heavy (non-hydrogen) atoms. The van der Waals surface area contributed by atoms with Crippen LogP contribution in [0.3, 0.4) is 0 Å². The first-order valence-corrected chi connectivity index (χ1v) is 15.4. The smallest absolute Gasteiger partial charge is 0.264 e. The number of unbranched alkanes of at least 4 members (excludes halogenated alkanes) is 1. The summed E-state index contributed by atoms with van der Waals surface area (Å²) in [5.41, 5.74) is 1.04. The Hall–Kier alpha value is -3.08. The van der Waals surface area contributed by atoms with Crippen LogP contribution >= 0.6 is 27.5 Å². The lowest BCUT2D eigenvalue weighted by Crippen LogP contribution is -2.51. The molecule has 0 aromatic heterocycles. The van der Waals surface area contributed by atoms with Crippen molar-refractivity contribution in [1.82, 2.24) is 10.2 Å². The van der Waals surface area contributed by atoms with Crippen molar-refractivity contribution in [1.29, 1.82) is 0 Å². The highest BCUT2D eigenvalue weighted by molar-refractivity contribution is 9.10. The Bertz CT molecular complexity index is 1400. The topological polar surface area (TPSA) is 96.0 Å².